The molecule has 0 aliphatic rings. The van der Waals surface area contributed by atoms with Gasteiger partial charge >= 0.3 is 0 Å². The maximum atomic E-state index is 4.51. The lowest BCUT2D eigenvalue weighted by atomic mass is 10.3. The number of rotatable bonds is 3. The van der Waals surface area contributed by atoms with Crippen molar-refractivity contribution in [3.05, 3.63) is 44.3 Å². The van der Waals surface area contributed by atoms with E-state index in [0.717, 1.165) is 33.7 Å². The van der Waals surface area contributed by atoms with Crippen LogP contribution in [0, 0.1) is 13.8 Å². The zero-order valence-electron chi connectivity index (χ0n) is 10.6. The van der Waals surface area contributed by atoms with Crippen molar-refractivity contribution in [1.82, 2.24) is 14.6 Å². The molecule has 0 aromatic carbocycles. The molecule has 0 atom stereocenters. The van der Waals surface area contributed by atoms with E-state index < -0.39 is 0 Å². The summed E-state index contributed by atoms with van der Waals surface area (Å²) in [4.78, 5) is 5.79. The molecular formula is C13H13BrN4S. The average molecular weight is 337 g/mol. The maximum absolute atomic E-state index is 4.51. The molecule has 0 amide bonds. The molecule has 3 rings (SSSR count). The van der Waals surface area contributed by atoms with Gasteiger partial charge in [-0.05, 0) is 35.8 Å². The normalized spacial score (nSPS) is 11.1. The Hall–Kier alpha value is -1.40. The zero-order chi connectivity index (χ0) is 13.4. The van der Waals surface area contributed by atoms with Crippen molar-refractivity contribution >= 4 is 38.7 Å². The van der Waals surface area contributed by atoms with Crippen LogP contribution in [-0.2, 0) is 6.54 Å². The fraction of sp³-hybridized carbons (Fsp3) is 0.231. The predicted octanol–water partition coefficient (Wildman–Crippen LogP) is 3.78. The molecule has 98 valence electrons. The number of nitrogens with zero attached hydrogens (tertiary/aromatic N) is 3. The summed E-state index contributed by atoms with van der Waals surface area (Å²) in [7, 11) is 0. The van der Waals surface area contributed by atoms with Gasteiger partial charge in [0.15, 0.2) is 5.65 Å². The van der Waals surface area contributed by atoms with Crippen LogP contribution in [0.4, 0.5) is 5.82 Å². The molecule has 0 bridgehead atoms. The Balaban J connectivity index is 1.92. The summed E-state index contributed by atoms with van der Waals surface area (Å²) in [5, 5.41) is 9.87. The maximum Gasteiger partial charge on any atom is 0.160 e. The largest absolute Gasteiger partial charge is 0.365 e. The number of thiophene rings is 1. The Labute approximate surface area is 123 Å². The minimum atomic E-state index is 0.785. The second-order valence-electron chi connectivity index (χ2n) is 4.43. The van der Waals surface area contributed by atoms with Crippen molar-refractivity contribution < 1.29 is 0 Å². The smallest absolute Gasteiger partial charge is 0.160 e. The summed E-state index contributed by atoms with van der Waals surface area (Å²) >= 11 is 5.20. The predicted molar refractivity (Wildman–Crippen MR) is 81.8 cm³/mol. The Bertz CT molecular complexity index is 731. The lowest BCUT2D eigenvalue weighted by Crippen LogP contribution is -2.06. The van der Waals surface area contributed by atoms with Crippen LogP contribution in [0.3, 0.4) is 0 Å². The average Bonchev–Trinajstić information content (AvgIpc) is 2.94. The molecule has 0 unspecified atom stereocenters. The highest BCUT2D eigenvalue weighted by molar-refractivity contribution is 9.10. The lowest BCUT2D eigenvalue weighted by Gasteiger charge is -2.08. The van der Waals surface area contributed by atoms with Gasteiger partial charge in [-0.1, -0.05) is 0 Å². The van der Waals surface area contributed by atoms with Crippen molar-refractivity contribution in [3.8, 4) is 0 Å². The van der Waals surface area contributed by atoms with Crippen molar-refractivity contribution in [3.63, 3.8) is 0 Å². The first kappa shape index (κ1) is 12.6. The number of halogens is 1. The Morgan fingerprint density at radius 1 is 1.37 bits per heavy atom. The molecule has 0 aliphatic heterocycles. The second kappa shape index (κ2) is 4.94. The quantitative estimate of drug-likeness (QED) is 0.791. The van der Waals surface area contributed by atoms with Gasteiger partial charge in [0.05, 0.1) is 12.7 Å². The van der Waals surface area contributed by atoms with Crippen LogP contribution in [0.2, 0.25) is 0 Å². The van der Waals surface area contributed by atoms with Gasteiger partial charge in [-0.2, -0.15) is 9.61 Å². The summed E-state index contributed by atoms with van der Waals surface area (Å²) in [5.74, 6) is 0.972. The lowest BCUT2D eigenvalue weighted by molar-refractivity contribution is 0.919. The topological polar surface area (TPSA) is 42.2 Å². The first-order chi connectivity index (χ1) is 9.13. The Morgan fingerprint density at radius 2 is 2.21 bits per heavy atom. The molecule has 4 nitrogen and oxygen atoms in total. The highest BCUT2D eigenvalue weighted by Gasteiger charge is 2.07. The third-order valence-electron chi connectivity index (χ3n) is 2.84. The highest BCUT2D eigenvalue weighted by Crippen LogP contribution is 2.21. The van der Waals surface area contributed by atoms with Crippen LogP contribution in [0.25, 0.3) is 5.65 Å². The minimum absolute atomic E-state index is 0.785. The van der Waals surface area contributed by atoms with Gasteiger partial charge in [0, 0.05) is 32.1 Å². The number of anilines is 1. The number of fused-ring (bicyclic) bond motifs is 1. The first-order valence-corrected chi connectivity index (χ1v) is 7.59. The van der Waals surface area contributed by atoms with E-state index in [0.29, 0.717) is 0 Å². The number of aryl methyl sites for hydroxylation is 2. The second-order valence-corrected chi connectivity index (χ2v) is 6.34. The summed E-state index contributed by atoms with van der Waals surface area (Å²) in [6.07, 6.45) is 1.84. The van der Waals surface area contributed by atoms with Crippen LogP contribution in [0.15, 0.2) is 28.2 Å². The van der Waals surface area contributed by atoms with E-state index in [1.807, 2.05) is 30.6 Å². The number of hydrogen-bond acceptors (Lipinski definition) is 4. The minimum Gasteiger partial charge on any atom is -0.365 e. The van der Waals surface area contributed by atoms with Gasteiger partial charge in [0.25, 0.3) is 0 Å². The summed E-state index contributed by atoms with van der Waals surface area (Å²) in [5.41, 5.74) is 2.99. The molecule has 3 aromatic heterocycles. The van der Waals surface area contributed by atoms with E-state index in [1.54, 1.807) is 11.3 Å². The van der Waals surface area contributed by atoms with E-state index in [4.69, 9.17) is 0 Å². The van der Waals surface area contributed by atoms with Crippen LogP contribution in [0.1, 0.15) is 16.1 Å². The van der Waals surface area contributed by atoms with Crippen LogP contribution in [-0.4, -0.2) is 14.6 Å². The summed E-state index contributed by atoms with van der Waals surface area (Å²) < 4.78 is 2.98. The van der Waals surface area contributed by atoms with Gasteiger partial charge in [-0.3, -0.25) is 0 Å². The van der Waals surface area contributed by atoms with Crippen LogP contribution < -0.4 is 5.32 Å². The zero-order valence-corrected chi connectivity index (χ0v) is 13.0. The van der Waals surface area contributed by atoms with Crippen molar-refractivity contribution in [2.45, 2.75) is 20.4 Å². The molecule has 0 spiro atoms. The molecule has 0 saturated heterocycles. The van der Waals surface area contributed by atoms with E-state index in [-0.39, 0.29) is 0 Å². The van der Waals surface area contributed by atoms with Gasteiger partial charge < -0.3 is 5.32 Å². The molecule has 1 N–H and O–H groups in total. The molecule has 0 aliphatic carbocycles. The molecule has 0 radical (unpaired) electrons. The van der Waals surface area contributed by atoms with Crippen molar-refractivity contribution in [2.24, 2.45) is 0 Å². The van der Waals surface area contributed by atoms with E-state index >= 15 is 0 Å². The fourth-order valence-electron chi connectivity index (χ4n) is 1.94. The van der Waals surface area contributed by atoms with E-state index in [9.17, 15) is 0 Å². The molecule has 0 fully saturated rings. The molecule has 3 aromatic rings. The highest BCUT2D eigenvalue weighted by atomic mass is 79.9. The third-order valence-corrected chi connectivity index (χ3v) is 4.54. The van der Waals surface area contributed by atoms with Crippen molar-refractivity contribution in [2.75, 3.05) is 5.32 Å². The standard InChI is InChI=1S/C13H13BrN4S/c1-8-5-16-18-12(3-9(2)17-13(8)18)15-6-11-4-10(14)7-19-11/h3-5,7,15H,6H2,1-2H3. The molecule has 6 heteroatoms. The summed E-state index contributed by atoms with van der Waals surface area (Å²) in [6.45, 7) is 4.81. The molecule has 19 heavy (non-hydrogen) atoms. The summed E-state index contributed by atoms with van der Waals surface area (Å²) in [6, 6.07) is 4.14. The van der Waals surface area contributed by atoms with Crippen LogP contribution >= 0.6 is 27.3 Å². The Morgan fingerprint density at radius 3 is 2.95 bits per heavy atom. The number of hydrogen-bond donors (Lipinski definition) is 1. The molecule has 3 heterocycles. The fourth-order valence-corrected chi connectivity index (χ4v) is 3.33. The van der Waals surface area contributed by atoms with E-state index in [2.05, 4.69) is 42.8 Å². The van der Waals surface area contributed by atoms with E-state index in [1.165, 1.54) is 4.88 Å². The monoisotopic (exact) mass is 336 g/mol. The van der Waals surface area contributed by atoms with Gasteiger partial charge in [0.1, 0.15) is 5.82 Å². The SMILES string of the molecule is Cc1cc(NCc2cc(Br)cs2)n2ncc(C)c2n1. The molecular weight excluding hydrogens is 324 g/mol. The van der Waals surface area contributed by atoms with Crippen molar-refractivity contribution in [1.29, 1.82) is 0 Å². The third kappa shape index (κ3) is 2.50. The first-order valence-electron chi connectivity index (χ1n) is 5.92. The van der Waals surface area contributed by atoms with Gasteiger partial charge in [-0.25, -0.2) is 4.98 Å². The van der Waals surface area contributed by atoms with Gasteiger partial charge in [-0.15, -0.1) is 11.3 Å². The molecule has 0 saturated carbocycles. The van der Waals surface area contributed by atoms with Crippen LogP contribution in [0.5, 0.6) is 0 Å². The number of aromatic nitrogens is 3. The van der Waals surface area contributed by atoms with Gasteiger partial charge in [0.2, 0.25) is 0 Å². The number of nitrogens with one attached hydrogen (secondary N) is 1. The Kier molecular flexibility index (Phi) is 3.28.